The quantitative estimate of drug-likeness (QED) is 0.620. The van der Waals surface area contributed by atoms with Gasteiger partial charge in [-0.1, -0.05) is 34.6 Å². The van der Waals surface area contributed by atoms with Gasteiger partial charge in [0.05, 0.1) is 9.82 Å². The van der Waals surface area contributed by atoms with Crippen LogP contribution in [0.25, 0.3) is 0 Å². The summed E-state index contributed by atoms with van der Waals surface area (Å²) in [5, 5.41) is 11.0. The van der Waals surface area contributed by atoms with E-state index in [1.807, 2.05) is 6.92 Å². The zero-order valence-electron chi connectivity index (χ0n) is 9.29. The molecular weight excluding hydrogens is 338 g/mol. The molecule has 0 saturated heterocycles. The minimum atomic E-state index is -0.394. The Kier molecular flexibility index (Phi) is 4.31. The molecule has 2 rings (SSSR count). The van der Waals surface area contributed by atoms with Crippen molar-refractivity contribution in [3.8, 4) is 0 Å². The Morgan fingerprint density at radius 2 is 2.33 bits per heavy atom. The van der Waals surface area contributed by atoms with E-state index in [1.54, 1.807) is 12.1 Å². The smallest absolute Gasteiger partial charge is 0.258 e. The van der Waals surface area contributed by atoms with Crippen LogP contribution in [0.4, 0.5) is 5.69 Å². The minimum absolute atomic E-state index is 0.0719. The Morgan fingerprint density at radius 1 is 1.56 bits per heavy atom. The van der Waals surface area contributed by atoms with Gasteiger partial charge in [0.15, 0.2) is 4.34 Å². The predicted octanol–water partition coefficient (Wildman–Crippen LogP) is 3.92. The maximum atomic E-state index is 11.0. The van der Waals surface area contributed by atoms with Gasteiger partial charge in [0, 0.05) is 17.0 Å². The molecule has 0 atom stereocenters. The monoisotopic (exact) mass is 345 g/mol. The second-order valence-electron chi connectivity index (χ2n) is 3.30. The summed E-state index contributed by atoms with van der Waals surface area (Å²) < 4.78 is 5.56. The number of nitrogens with zero attached hydrogens (tertiary/aromatic N) is 3. The molecule has 8 heteroatoms. The van der Waals surface area contributed by atoms with Crippen LogP contribution in [0.3, 0.4) is 0 Å². The summed E-state index contributed by atoms with van der Waals surface area (Å²) in [7, 11) is 0. The molecule has 0 spiro atoms. The van der Waals surface area contributed by atoms with Crippen LogP contribution in [0.1, 0.15) is 12.7 Å². The average Bonchev–Trinajstić information content (AvgIpc) is 2.79. The van der Waals surface area contributed by atoms with Gasteiger partial charge in [-0.15, -0.1) is 0 Å². The zero-order chi connectivity index (χ0) is 13.1. The number of nitro groups is 1. The van der Waals surface area contributed by atoms with Crippen molar-refractivity contribution in [2.75, 3.05) is 0 Å². The standard InChI is InChI=1S/C10H8BrN3O2S2/c1-2-9-12-10(18-13-9)17-8-4-3-6(11)5-7(8)14(15)16/h3-5H,2H2,1H3. The van der Waals surface area contributed by atoms with Crippen LogP contribution in [0, 0.1) is 10.1 Å². The molecule has 2 aromatic rings. The van der Waals surface area contributed by atoms with Crippen molar-refractivity contribution < 1.29 is 4.92 Å². The largest absolute Gasteiger partial charge is 0.284 e. The van der Waals surface area contributed by atoms with E-state index >= 15 is 0 Å². The Hall–Kier alpha value is -0.990. The fourth-order valence-corrected chi connectivity index (χ4v) is 3.33. The molecule has 5 nitrogen and oxygen atoms in total. The van der Waals surface area contributed by atoms with Crippen molar-refractivity contribution >= 4 is 44.9 Å². The number of rotatable bonds is 4. The van der Waals surface area contributed by atoms with Gasteiger partial charge in [0.25, 0.3) is 5.69 Å². The van der Waals surface area contributed by atoms with E-state index in [0.717, 1.165) is 16.6 Å². The van der Waals surface area contributed by atoms with E-state index in [9.17, 15) is 10.1 Å². The molecule has 1 heterocycles. The van der Waals surface area contributed by atoms with Gasteiger partial charge in [-0.3, -0.25) is 10.1 Å². The van der Waals surface area contributed by atoms with Gasteiger partial charge in [0.2, 0.25) is 0 Å². The van der Waals surface area contributed by atoms with Crippen LogP contribution < -0.4 is 0 Å². The average molecular weight is 346 g/mol. The molecule has 0 fully saturated rings. The molecule has 94 valence electrons. The summed E-state index contributed by atoms with van der Waals surface area (Å²) >= 11 is 5.76. The molecule has 0 aliphatic rings. The zero-order valence-corrected chi connectivity index (χ0v) is 12.5. The van der Waals surface area contributed by atoms with Crippen molar-refractivity contribution in [1.29, 1.82) is 0 Å². The van der Waals surface area contributed by atoms with E-state index in [2.05, 4.69) is 25.3 Å². The number of benzene rings is 1. The van der Waals surface area contributed by atoms with Crippen molar-refractivity contribution in [1.82, 2.24) is 9.36 Å². The van der Waals surface area contributed by atoms with Gasteiger partial charge in [-0.25, -0.2) is 4.98 Å². The number of hydrogen-bond donors (Lipinski definition) is 0. The minimum Gasteiger partial charge on any atom is -0.258 e. The third-order valence-corrected chi connectivity index (χ3v) is 4.43. The number of aromatic nitrogens is 2. The second kappa shape index (κ2) is 5.77. The van der Waals surface area contributed by atoms with Crippen LogP contribution in [-0.2, 0) is 6.42 Å². The number of hydrogen-bond acceptors (Lipinski definition) is 6. The van der Waals surface area contributed by atoms with Gasteiger partial charge in [-0.2, -0.15) is 4.37 Å². The second-order valence-corrected chi connectivity index (χ2v) is 6.26. The lowest BCUT2D eigenvalue weighted by atomic mass is 10.3. The highest BCUT2D eigenvalue weighted by molar-refractivity contribution is 9.10. The van der Waals surface area contributed by atoms with Crippen molar-refractivity contribution in [2.24, 2.45) is 0 Å². The van der Waals surface area contributed by atoms with E-state index in [-0.39, 0.29) is 5.69 Å². The molecular formula is C10H8BrN3O2S2. The maximum absolute atomic E-state index is 11.0. The first kappa shape index (κ1) is 13.4. The summed E-state index contributed by atoms with van der Waals surface area (Å²) in [4.78, 5) is 15.4. The van der Waals surface area contributed by atoms with Crippen LogP contribution in [-0.4, -0.2) is 14.3 Å². The topological polar surface area (TPSA) is 68.9 Å². The summed E-state index contributed by atoms with van der Waals surface area (Å²) in [6.07, 6.45) is 0.763. The maximum Gasteiger partial charge on any atom is 0.284 e. The number of halogens is 1. The fourth-order valence-electron chi connectivity index (χ4n) is 1.24. The molecule has 1 aromatic heterocycles. The SMILES string of the molecule is CCc1nsc(Sc2ccc(Br)cc2[N+](=O)[O-])n1. The van der Waals surface area contributed by atoms with E-state index in [1.165, 1.54) is 29.4 Å². The lowest BCUT2D eigenvalue weighted by Gasteiger charge is -2.00. The summed E-state index contributed by atoms with van der Waals surface area (Å²) in [5.41, 5.74) is 0.0719. The van der Waals surface area contributed by atoms with E-state index < -0.39 is 4.92 Å². The van der Waals surface area contributed by atoms with Gasteiger partial charge in [0.1, 0.15) is 5.82 Å². The molecule has 1 aromatic carbocycles. The molecule has 0 aliphatic heterocycles. The fraction of sp³-hybridized carbons (Fsp3) is 0.200. The molecule has 0 unspecified atom stereocenters. The Labute approximate surface area is 120 Å². The molecule has 18 heavy (non-hydrogen) atoms. The summed E-state index contributed by atoms with van der Waals surface area (Å²) in [6, 6.07) is 4.97. The van der Waals surface area contributed by atoms with Crippen molar-refractivity contribution in [3.05, 3.63) is 38.6 Å². The van der Waals surface area contributed by atoms with Crippen LogP contribution >= 0.6 is 39.2 Å². The van der Waals surface area contributed by atoms with Gasteiger partial charge in [-0.05, 0) is 23.7 Å². The first-order chi connectivity index (χ1) is 8.60. The van der Waals surface area contributed by atoms with Crippen LogP contribution in [0.5, 0.6) is 0 Å². The molecule has 0 amide bonds. The third-order valence-electron chi connectivity index (χ3n) is 2.08. The molecule has 0 N–H and O–H groups in total. The molecule has 0 bridgehead atoms. The van der Waals surface area contributed by atoms with E-state index in [4.69, 9.17) is 0 Å². The van der Waals surface area contributed by atoms with Gasteiger partial charge >= 0.3 is 0 Å². The normalized spacial score (nSPS) is 10.6. The summed E-state index contributed by atoms with van der Waals surface area (Å²) in [5.74, 6) is 0.766. The summed E-state index contributed by atoms with van der Waals surface area (Å²) in [6.45, 7) is 1.97. The highest BCUT2D eigenvalue weighted by Gasteiger charge is 2.17. The first-order valence-electron chi connectivity index (χ1n) is 5.04. The van der Waals surface area contributed by atoms with Crippen LogP contribution in [0.15, 0.2) is 31.9 Å². The van der Waals surface area contributed by atoms with Crippen molar-refractivity contribution in [2.45, 2.75) is 22.6 Å². The highest BCUT2D eigenvalue weighted by atomic mass is 79.9. The highest BCUT2D eigenvalue weighted by Crippen LogP contribution is 2.36. The van der Waals surface area contributed by atoms with E-state index in [0.29, 0.717) is 9.37 Å². The lowest BCUT2D eigenvalue weighted by molar-refractivity contribution is -0.387. The Balaban J connectivity index is 2.30. The Morgan fingerprint density at radius 3 is 2.94 bits per heavy atom. The van der Waals surface area contributed by atoms with Crippen molar-refractivity contribution in [3.63, 3.8) is 0 Å². The third kappa shape index (κ3) is 3.06. The first-order valence-corrected chi connectivity index (χ1v) is 7.43. The van der Waals surface area contributed by atoms with Crippen LogP contribution in [0.2, 0.25) is 0 Å². The molecule has 0 radical (unpaired) electrons. The lowest BCUT2D eigenvalue weighted by Crippen LogP contribution is -1.90. The molecule has 0 aliphatic carbocycles. The number of nitro benzene ring substituents is 1. The Bertz CT molecular complexity index is 588. The number of aryl methyl sites for hydroxylation is 1. The predicted molar refractivity (Wildman–Crippen MR) is 74.2 cm³/mol. The molecule has 0 saturated carbocycles. The van der Waals surface area contributed by atoms with Gasteiger partial charge < -0.3 is 0 Å².